The van der Waals surface area contributed by atoms with Crippen molar-refractivity contribution in [3.8, 4) is 0 Å². The fraction of sp³-hybridized carbons (Fsp3) is 0.318. The zero-order valence-corrected chi connectivity index (χ0v) is 17.2. The van der Waals surface area contributed by atoms with Crippen molar-refractivity contribution in [1.82, 2.24) is 10.6 Å². The summed E-state index contributed by atoms with van der Waals surface area (Å²) in [7, 11) is 0. The molecule has 0 aromatic heterocycles. The number of nitrogens with one attached hydrogen (secondary N) is 2. The molecule has 0 saturated carbocycles. The molecule has 2 N–H and O–H groups in total. The summed E-state index contributed by atoms with van der Waals surface area (Å²) in [4.78, 5) is 34.2. The van der Waals surface area contributed by atoms with Crippen LogP contribution in [0.25, 0.3) is 0 Å². The van der Waals surface area contributed by atoms with Gasteiger partial charge in [-0.15, -0.1) is 0 Å². The molecule has 2 aromatic carbocycles. The summed E-state index contributed by atoms with van der Waals surface area (Å²) in [5.41, 5.74) is 3.64. The Bertz CT molecular complexity index is 1020. The van der Waals surface area contributed by atoms with E-state index in [1.807, 2.05) is 36.4 Å². The Morgan fingerprint density at radius 1 is 0.828 bits per heavy atom. The van der Waals surface area contributed by atoms with Crippen molar-refractivity contribution in [2.24, 2.45) is 0 Å². The largest absolute Gasteiger partial charge is 0.323 e. The molecular weight excluding hydrogens is 411 g/mol. The second kappa shape index (κ2) is 7.81. The number of rotatable bonds is 0. The Morgan fingerprint density at radius 2 is 1.48 bits per heavy atom. The van der Waals surface area contributed by atoms with Crippen molar-refractivity contribution >= 4 is 40.9 Å². The molecule has 2 aliphatic carbocycles. The van der Waals surface area contributed by atoms with Gasteiger partial charge in [0.05, 0.1) is 0 Å². The molecule has 1 fully saturated rings. The van der Waals surface area contributed by atoms with E-state index in [-0.39, 0.29) is 5.91 Å². The molecule has 0 bridgehead atoms. The van der Waals surface area contributed by atoms with Crippen LogP contribution < -0.4 is 10.6 Å². The molecule has 3 aliphatic rings. The minimum absolute atomic E-state index is 0.229. The van der Waals surface area contributed by atoms with Crippen LogP contribution in [-0.2, 0) is 35.3 Å². The molecule has 2 aromatic rings. The molecule has 5 rings (SSSR count). The third-order valence-corrected chi connectivity index (χ3v) is 6.49. The van der Waals surface area contributed by atoms with Crippen LogP contribution in [-0.4, -0.2) is 23.3 Å². The molecule has 3 amide bonds. The van der Waals surface area contributed by atoms with E-state index in [0.29, 0.717) is 37.9 Å². The number of hydrogen-bond donors (Lipinski definition) is 2. The number of Topliss-reactive ketones (excluding diaryl/α,β-unsaturated/α-hetero) is 1. The molecule has 0 radical (unpaired) electrons. The number of carbonyl (C=O) groups excluding carboxylic acids is 3. The van der Waals surface area contributed by atoms with E-state index in [0.717, 1.165) is 33.2 Å². The van der Waals surface area contributed by atoms with Gasteiger partial charge in [-0.25, -0.2) is 4.79 Å². The van der Waals surface area contributed by atoms with E-state index >= 15 is 0 Å². The van der Waals surface area contributed by atoms with Crippen LogP contribution in [0.3, 0.4) is 0 Å². The van der Waals surface area contributed by atoms with Gasteiger partial charge in [0.15, 0.2) is 0 Å². The summed E-state index contributed by atoms with van der Waals surface area (Å²) >= 11 is 12.1. The van der Waals surface area contributed by atoms with Gasteiger partial charge in [0, 0.05) is 29.3 Å². The summed E-state index contributed by atoms with van der Waals surface area (Å²) in [6, 6.07) is 11.1. The van der Waals surface area contributed by atoms with Gasteiger partial charge < -0.3 is 5.32 Å². The number of hydrogen-bond acceptors (Lipinski definition) is 3. The molecule has 1 saturated heterocycles. The van der Waals surface area contributed by atoms with Crippen molar-refractivity contribution in [3.63, 3.8) is 0 Å². The third kappa shape index (κ3) is 3.89. The van der Waals surface area contributed by atoms with E-state index in [1.54, 1.807) is 0 Å². The number of benzene rings is 2. The van der Waals surface area contributed by atoms with Crippen LogP contribution >= 0.6 is 23.2 Å². The molecule has 1 aliphatic heterocycles. The molecule has 1 heterocycles. The molecule has 1 unspecified atom stereocenters. The molecule has 1 atom stereocenters. The molecule has 150 valence electrons. The first-order chi connectivity index (χ1) is 13.9. The summed E-state index contributed by atoms with van der Waals surface area (Å²) in [6.45, 7) is 0. The SMILES string of the molecule is O=C1CCc2c(Cl)cccc2C1.O=C1NC(=O)C2(CCc3c(Cl)cccc3C2)N1. The Hall–Kier alpha value is -2.37. The van der Waals surface area contributed by atoms with E-state index in [1.165, 1.54) is 5.56 Å². The zero-order valence-electron chi connectivity index (χ0n) is 15.7. The van der Waals surface area contributed by atoms with Crippen LogP contribution in [0.4, 0.5) is 4.79 Å². The number of urea groups is 1. The van der Waals surface area contributed by atoms with Crippen LogP contribution in [0.15, 0.2) is 36.4 Å². The second-order valence-corrected chi connectivity index (χ2v) is 8.45. The molecular formula is C22H20Cl2N2O3. The number of carbonyl (C=O) groups is 3. The summed E-state index contributed by atoms with van der Waals surface area (Å²) in [6.07, 6.45) is 3.85. The van der Waals surface area contributed by atoms with Gasteiger partial charge in [0.25, 0.3) is 5.91 Å². The highest BCUT2D eigenvalue weighted by Gasteiger charge is 2.48. The molecule has 7 heteroatoms. The topological polar surface area (TPSA) is 75.3 Å². The van der Waals surface area contributed by atoms with Gasteiger partial charge in [-0.05, 0) is 53.6 Å². The predicted octanol–water partition coefficient (Wildman–Crippen LogP) is 3.80. The van der Waals surface area contributed by atoms with Crippen molar-refractivity contribution < 1.29 is 14.4 Å². The maximum absolute atomic E-state index is 11.8. The molecule has 1 spiro atoms. The van der Waals surface area contributed by atoms with Crippen molar-refractivity contribution in [2.75, 3.05) is 0 Å². The lowest BCUT2D eigenvalue weighted by molar-refractivity contribution is -0.124. The quantitative estimate of drug-likeness (QED) is 0.623. The molecule has 5 nitrogen and oxygen atoms in total. The average molecular weight is 431 g/mol. The van der Waals surface area contributed by atoms with Gasteiger partial charge in [-0.1, -0.05) is 47.5 Å². The van der Waals surface area contributed by atoms with Gasteiger partial charge in [0.1, 0.15) is 11.3 Å². The Labute approximate surface area is 178 Å². The Balaban J connectivity index is 0.000000150. The van der Waals surface area contributed by atoms with Gasteiger partial charge in [-0.2, -0.15) is 0 Å². The summed E-state index contributed by atoms with van der Waals surface area (Å²) in [5.74, 6) is 0.0953. The lowest BCUT2D eigenvalue weighted by Crippen LogP contribution is -2.51. The highest BCUT2D eigenvalue weighted by molar-refractivity contribution is 6.31. The first-order valence-corrected chi connectivity index (χ1v) is 10.3. The maximum Gasteiger partial charge on any atom is 0.322 e. The second-order valence-electron chi connectivity index (χ2n) is 7.64. The lowest BCUT2D eigenvalue weighted by atomic mass is 9.78. The number of imide groups is 1. The van der Waals surface area contributed by atoms with Gasteiger partial charge in [0.2, 0.25) is 0 Å². The van der Waals surface area contributed by atoms with Crippen molar-refractivity contribution in [2.45, 2.75) is 44.1 Å². The van der Waals surface area contributed by atoms with E-state index < -0.39 is 11.6 Å². The maximum atomic E-state index is 11.8. The summed E-state index contributed by atoms with van der Waals surface area (Å²) < 4.78 is 0. The van der Waals surface area contributed by atoms with E-state index in [4.69, 9.17) is 23.2 Å². The molecule has 29 heavy (non-hydrogen) atoms. The minimum Gasteiger partial charge on any atom is -0.323 e. The van der Waals surface area contributed by atoms with Gasteiger partial charge in [-0.3, -0.25) is 14.9 Å². The number of fused-ring (bicyclic) bond motifs is 2. The Morgan fingerprint density at radius 3 is 2.14 bits per heavy atom. The van der Waals surface area contributed by atoms with Crippen molar-refractivity contribution in [3.05, 3.63) is 68.7 Å². The minimum atomic E-state index is -0.769. The smallest absolute Gasteiger partial charge is 0.322 e. The number of amides is 3. The van der Waals surface area contributed by atoms with E-state index in [9.17, 15) is 14.4 Å². The third-order valence-electron chi connectivity index (χ3n) is 5.78. The fourth-order valence-corrected chi connectivity index (χ4v) is 4.82. The fourth-order valence-electron chi connectivity index (χ4n) is 4.24. The van der Waals surface area contributed by atoms with E-state index in [2.05, 4.69) is 10.6 Å². The first kappa shape index (κ1) is 19.9. The number of ketones is 1. The monoisotopic (exact) mass is 430 g/mol. The van der Waals surface area contributed by atoms with Crippen LogP contribution in [0, 0.1) is 0 Å². The van der Waals surface area contributed by atoms with Crippen molar-refractivity contribution in [1.29, 1.82) is 0 Å². The average Bonchev–Trinajstić information content (AvgIpc) is 2.95. The standard InChI is InChI=1S/C12H11ClN2O2.C10H9ClO/c13-9-3-1-2-7-6-12(5-4-8(7)9)10(16)14-11(17)15-12;11-10-3-1-2-7-6-8(12)4-5-9(7)10/h1-3H,4-6H2,(H2,14,15,16,17);1-3H,4-6H2. The van der Waals surface area contributed by atoms with Gasteiger partial charge >= 0.3 is 6.03 Å². The van der Waals surface area contributed by atoms with Crippen LogP contribution in [0.1, 0.15) is 35.1 Å². The van der Waals surface area contributed by atoms with Crippen LogP contribution in [0.2, 0.25) is 10.0 Å². The number of halogens is 2. The summed E-state index contributed by atoms with van der Waals surface area (Å²) in [5, 5.41) is 6.58. The Kier molecular flexibility index (Phi) is 5.36. The highest BCUT2D eigenvalue weighted by atomic mass is 35.5. The predicted molar refractivity (Wildman–Crippen MR) is 111 cm³/mol. The normalized spacial score (nSPS) is 22.2. The van der Waals surface area contributed by atoms with Crippen LogP contribution in [0.5, 0.6) is 0 Å². The first-order valence-electron chi connectivity index (χ1n) is 9.56. The lowest BCUT2D eigenvalue weighted by Gasteiger charge is -2.32. The highest BCUT2D eigenvalue weighted by Crippen LogP contribution is 2.34. The zero-order chi connectivity index (χ0) is 20.6.